The van der Waals surface area contributed by atoms with Crippen molar-refractivity contribution in [2.24, 2.45) is 5.90 Å². The number of aryl methyl sites for hydroxylation is 2. The van der Waals surface area contributed by atoms with Gasteiger partial charge in [0, 0.05) is 0 Å². The number of ether oxygens (including phenoxy) is 1. The summed E-state index contributed by atoms with van der Waals surface area (Å²) in [6.45, 7) is 5.26. The first-order valence-corrected chi connectivity index (χ1v) is 6.79. The molecule has 0 aliphatic carbocycles. The fourth-order valence-electron chi connectivity index (χ4n) is 2.32. The second kappa shape index (κ2) is 7.08. The number of benzene rings is 2. The highest BCUT2D eigenvalue weighted by molar-refractivity contribution is 5.43. The number of hydrogen-bond acceptors (Lipinski definition) is 3. The molecule has 0 aliphatic rings. The Morgan fingerprint density at radius 2 is 1.60 bits per heavy atom. The van der Waals surface area contributed by atoms with Crippen molar-refractivity contribution in [2.45, 2.75) is 26.9 Å². The van der Waals surface area contributed by atoms with Gasteiger partial charge in [0.1, 0.15) is 12.4 Å². The lowest BCUT2D eigenvalue weighted by Gasteiger charge is -2.14. The van der Waals surface area contributed by atoms with Crippen molar-refractivity contribution in [2.75, 3.05) is 6.61 Å². The Kier molecular flexibility index (Phi) is 5.16. The molecule has 0 saturated carbocycles. The Morgan fingerprint density at radius 1 is 0.950 bits per heavy atom. The molecule has 20 heavy (non-hydrogen) atoms. The molecule has 2 N–H and O–H groups in total. The molecule has 0 fully saturated rings. The van der Waals surface area contributed by atoms with Crippen molar-refractivity contribution in [3.63, 3.8) is 0 Å². The zero-order valence-corrected chi connectivity index (χ0v) is 12.1. The molecule has 0 spiro atoms. The normalized spacial score (nSPS) is 10.6. The maximum absolute atomic E-state index is 5.96. The van der Waals surface area contributed by atoms with Gasteiger partial charge in [0.15, 0.2) is 0 Å². The van der Waals surface area contributed by atoms with E-state index in [0.29, 0.717) is 13.2 Å². The molecule has 0 radical (unpaired) electrons. The Morgan fingerprint density at radius 3 is 2.20 bits per heavy atom. The van der Waals surface area contributed by atoms with Crippen molar-refractivity contribution < 1.29 is 9.57 Å². The van der Waals surface area contributed by atoms with Crippen LogP contribution in [0.2, 0.25) is 0 Å². The van der Waals surface area contributed by atoms with Gasteiger partial charge >= 0.3 is 0 Å². The molecule has 106 valence electrons. The van der Waals surface area contributed by atoms with E-state index in [0.717, 1.165) is 23.3 Å². The second-order valence-electron chi connectivity index (χ2n) is 4.95. The van der Waals surface area contributed by atoms with Crippen molar-refractivity contribution in [1.29, 1.82) is 0 Å². The summed E-state index contributed by atoms with van der Waals surface area (Å²) < 4.78 is 5.96. The molecule has 2 rings (SSSR count). The van der Waals surface area contributed by atoms with Gasteiger partial charge in [-0.1, -0.05) is 42.5 Å². The van der Waals surface area contributed by atoms with Gasteiger partial charge in [-0.15, -0.1) is 0 Å². The van der Waals surface area contributed by atoms with Crippen LogP contribution in [0.15, 0.2) is 42.5 Å². The molecule has 0 heterocycles. The van der Waals surface area contributed by atoms with Gasteiger partial charge in [-0.25, -0.2) is 5.90 Å². The lowest BCUT2D eigenvalue weighted by Crippen LogP contribution is -2.05. The average molecular weight is 271 g/mol. The summed E-state index contributed by atoms with van der Waals surface area (Å²) in [5.41, 5.74) is 4.69. The first-order chi connectivity index (χ1) is 9.70. The zero-order chi connectivity index (χ0) is 14.4. The predicted octanol–water partition coefficient (Wildman–Crippen LogP) is 3.32. The first-order valence-electron chi connectivity index (χ1n) is 6.79. The van der Waals surface area contributed by atoms with Crippen LogP contribution in [0, 0.1) is 13.8 Å². The fraction of sp³-hybridized carbons (Fsp3) is 0.294. The summed E-state index contributed by atoms with van der Waals surface area (Å²) in [5, 5.41) is 0. The minimum Gasteiger partial charge on any atom is -0.488 e. The Balaban J connectivity index is 2.08. The third kappa shape index (κ3) is 3.83. The van der Waals surface area contributed by atoms with Crippen LogP contribution in [0.5, 0.6) is 5.75 Å². The van der Waals surface area contributed by atoms with Crippen molar-refractivity contribution in [1.82, 2.24) is 0 Å². The van der Waals surface area contributed by atoms with Crippen molar-refractivity contribution in [3.05, 3.63) is 64.7 Å². The van der Waals surface area contributed by atoms with E-state index in [4.69, 9.17) is 10.6 Å². The average Bonchev–Trinajstić information content (AvgIpc) is 2.45. The van der Waals surface area contributed by atoms with E-state index < -0.39 is 0 Å². The maximum atomic E-state index is 5.96. The Labute approximate surface area is 120 Å². The molecule has 2 aromatic carbocycles. The molecule has 0 aromatic heterocycles. The number of hydrogen-bond donors (Lipinski definition) is 1. The van der Waals surface area contributed by atoms with Gasteiger partial charge in [0.2, 0.25) is 0 Å². The minimum atomic E-state index is 0.531. The van der Waals surface area contributed by atoms with Gasteiger partial charge in [-0.3, -0.25) is 0 Å². The molecule has 0 unspecified atom stereocenters. The van der Waals surface area contributed by atoms with Crippen LogP contribution in [-0.2, 0) is 17.9 Å². The van der Waals surface area contributed by atoms with E-state index in [2.05, 4.69) is 43.0 Å². The standard InChI is InChI=1S/C17H21NO2/c1-13-10-16(8-9-20-18)11-14(2)17(13)19-12-15-6-4-3-5-7-15/h3-7,10-11H,8-9,12,18H2,1-2H3. The van der Waals surface area contributed by atoms with Crippen LogP contribution < -0.4 is 10.6 Å². The van der Waals surface area contributed by atoms with E-state index in [1.54, 1.807) is 0 Å². The van der Waals surface area contributed by atoms with E-state index >= 15 is 0 Å². The fourth-order valence-corrected chi connectivity index (χ4v) is 2.32. The molecule has 0 atom stereocenters. The smallest absolute Gasteiger partial charge is 0.125 e. The SMILES string of the molecule is Cc1cc(CCON)cc(C)c1OCc1ccccc1. The molecular weight excluding hydrogens is 250 g/mol. The molecule has 2 aromatic rings. The van der Waals surface area contributed by atoms with Gasteiger partial charge in [-0.2, -0.15) is 0 Å². The maximum Gasteiger partial charge on any atom is 0.125 e. The monoisotopic (exact) mass is 271 g/mol. The molecular formula is C17H21NO2. The summed E-state index contributed by atoms with van der Waals surface area (Å²) in [5.74, 6) is 6.03. The highest BCUT2D eigenvalue weighted by Gasteiger charge is 2.07. The van der Waals surface area contributed by atoms with Crippen molar-refractivity contribution >= 4 is 0 Å². The van der Waals surface area contributed by atoms with Crippen LogP contribution in [0.25, 0.3) is 0 Å². The third-order valence-electron chi connectivity index (χ3n) is 3.25. The van der Waals surface area contributed by atoms with Crippen LogP contribution in [0.4, 0.5) is 0 Å². The molecule has 0 bridgehead atoms. The predicted molar refractivity (Wildman–Crippen MR) is 80.5 cm³/mol. The van der Waals surface area contributed by atoms with Crippen LogP contribution in [0.3, 0.4) is 0 Å². The third-order valence-corrected chi connectivity index (χ3v) is 3.25. The van der Waals surface area contributed by atoms with Gasteiger partial charge in [0.25, 0.3) is 0 Å². The van der Waals surface area contributed by atoms with Crippen LogP contribution in [-0.4, -0.2) is 6.61 Å². The molecule has 0 amide bonds. The molecule has 0 saturated heterocycles. The summed E-state index contributed by atoms with van der Waals surface area (Å²) in [4.78, 5) is 4.63. The minimum absolute atomic E-state index is 0.531. The highest BCUT2D eigenvalue weighted by atomic mass is 16.6. The quantitative estimate of drug-likeness (QED) is 0.820. The van der Waals surface area contributed by atoms with Gasteiger partial charge < -0.3 is 9.57 Å². The molecule has 3 nitrogen and oxygen atoms in total. The Hall–Kier alpha value is -1.84. The van der Waals surface area contributed by atoms with Crippen LogP contribution in [0.1, 0.15) is 22.3 Å². The zero-order valence-electron chi connectivity index (χ0n) is 12.1. The van der Waals surface area contributed by atoms with Crippen LogP contribution >= 0.6 is 0 Å². The number of nitrogens with two attached hydrogens (primary N) is 1. The summed E-state index contributed by atoms with van der Waals surface area (Å²) >= 11 is 0. The topological polar surface area (TPSA) is 44.5 Å². The van der Waals surface area contributed by atoms with Gasteiger partial charge in [0.05, 0.1) is 6.61 Å². The summed E-state index contributed by atoms with van der Waals surface area (Å²) in [7, 11) is 0. The van der Waals surface area contributed by atoms with E-state index in [9.17, 15) is 0 Å². The van der Waals surface area contributed by atoms with Crippen molar-refractivity contribution in [3.8, 4) is 5.75 Å². The van der Waals surface area contributed by atoms with E-state index in [1.807, 2.05) is 18.2 Å². The van der Waals surface area contributed by atoms with Gasteiger partial charge in [-0.05, 0) is 42.5 Å². The first kappa shape index (κ1) is 14.6. The Bertz CT molecular complexity index is 529. The lowest BCUT2D eigenvalue weighted by atomic mass is 10.0. The largest absolute Gasteiger partial charge is 0.488 e. The summed E-state index contributed by atoms with van der Waals surface area (Å²) in [6.07, 6.45) is 0.817. The number of rotatable bonds is 6. The lowest BCUT2D eigenvalue weighted by molar-refractivity contribution is 0.141. The van der Waals surface area contributed by atoms with E-state index in [1.165, 1.54) is 11.1 Å². The summed E-state index contributed by atoms with van der Waals surface area (Å²) in [6, 6.07) is 14.4. The molecule has 0 aliphatic heterocycles. The molecule has 3 heteroatoms. The van der Waals surface area contributed by atoms with E-state index in [-0.39, 0.29) is 0 Å². The highest BCUT2D eigenvalue weighted by Crippen LogP contribution is 2.26. The second-order valence-corrected chi connectivity index (χ2v) is 4.95.